The topological polar surface area (TPSA) is 100 Å². The van der Waals surface area contributed by atoms with Crippen molar-refractivity contribution in [2.24, 2.45) is 0 Å². The van der Waals surface area contributed by atoms with Crippen LogP contribution in [0.1, 0.15) is 18.4 Å². The summed E-state index contributed by atoms with van der Waals surface area (Å²) in [6.45, 7) is 2.73. The summed E-state index contributed by atoms with van der Waals surface area (Å²) in [7, 11) is 0. The number of amides is 1. The van der Waals surface area contributed by atoms with Gasteiger partial charge in [0.05, 0.1) is 0 Å². The summed E-state index contributed by atoms with van der Waals surface area (Å²) < 4.78 is 11.3. The maximum absolute atomic E-state index is 12.5. The molecular formula is C24H23N5O3S. The van der Waals surface area contributed by atoms with Crippen LogP contribution in [0.3, 0.4) is 0 Å². The fraction of sp³-hybridized carbons (Fsp3) is 0.250. The third-order valence-electron chi connectivity index (χ3n) is 4.93. The first-order valence-electron chi connectivity index (χ1n) is 10.6. The molecule has 1 aromatic heterocycles. The minimum atomic E-state index is -0.514. The van der Waals surface area contributed by atoms with Crippen LogP contribution >= 0.6 is 11.3 Å². The van der Waals surface area contributed by atoms with Gasteiger partial charge in [-0.1, -0.05) is 41.7 Å². The lowest BCUT2D eigenvalue weighted by molar-refractivity contribution is -0.112. The zero-order valence-electron chi connectivity index (χ0n) is 17.9. The molecule has 1 aliphatic rings. The Morgan fingerprint density at radius 1 is 1.03 bits per heavy atom. The quantitative estimate of drug-likeness (QED) is 0.290. The maximum atomic E-state index is 12.5. The molecule has 2 heterocycles. The van der Waals surface area contributed by atoms with E-state index >= 15 is 0 Å². The van der Waals surface area contributed by atoms with Crippen LogP contribution in [0.4, 0.5) is 10.3 Å². The van der Waals surface area contributed by atoms with E-state index in [-0.39, 0.29) is 5.57 Å². The van der Waals surface area contributed by atoms with E-state index in [9.17, 15) is 10.1 Å². The van der Waals surface area contributed by atoms with Gasteiger partial charge < -0.3 is 14.4 Å². The molecule has 1 amide bonds. The molecule has 0 spiro atoms. The standard InChI is InChI=1S/C24H23N5O3S/c25-17-19(22(30)26-23-27-28-24(33-23)29-12-4-5-13-29)16-18-8-10-21(11-9-18)32-15-14-31-20-6-2-1-3-7-20/h1-3,6-11,16H,4-5,12-15H2,(H,26,27,30)/b19-16-. The van der Waals surface area contributed by atoms with Crippen LogP contribution in [0.5, 0.6) is 11.5 Å². The number of nitrogens with one attached hydrogen (secondary N) is 1. The van der Waals surface area contributed by atoms with E-state index in [1.807, 2.05) is 36.4 Å². The number of hydrogen-bond donors (Lipinski definition) is 1. The Kier molecular flexibility index (Phi) is 7.51. The number of nitrogens with zero attached hydrogens (tertiary/aromatic N) is 4. The highest BCUT2D eigenvalue weighted by molar-refractivity contribution is 7.19. The summed E-state index contributed by atoms with van der Waals surface area (Å²) in [5, 5.41) is 21.4. The summed E-state index contributed by atoms with van der Waals surface area (Å²) in [4.78, 5) is 14.7. The molecule has 0 atom stereocenters. The van der Waals surface area contributed by atoms with Gasteiger partial charge in [-0.2, -0.15) is 5.26 Å². The molecule has 0 bridgehead atoms. The van der Waals surface area contributed by atoms with Crippen molar-refractivity contribution in [2.75, 3.05) is 36.5 Å². The Labute approximate surface area is 196 Å². The predicted octanol–water partition coefficient (Wildman–Crippen LogP) is 4.14. The third-order valence-corrected chi connectivity index (χ3v) is 5.83. The first kappa shape index (κ1) is 22.3. The van der Waals surface area contributed by atoms with E-state index in [1.165, 1.54) is 17.4 Å². The van der Waals surface area contributed by atoms with Crippen molar-refractivity contribution in [1.29, 1.82) is 5.26 Å². The molecule has 0 saturated carbocycles. The van der Waals surface area contributed by atoms with Crippen LogP contribution in [-0.2, 0) is 4.79 Å². The lowest BCUT2D eigenvalue weighted by Gasteiger charge is -2.10. The van der Waals surface area contributed by atoms with Crippen molar-refractivity contribution in [3.63, 3.8) is 0 Å². The molecule has 1 saturated heterocycles. The van der Waals surface area contributed by atoms with Crippen molar-refractivity contribution in [3.8, 4) is 17.6 Å². The summed E-state index contributed by atoms with van der Waals surface area (Å²) in [6.07, 6.45) is 3.79. The van der Waals surface area contributed by atoms with E-state index in [4.69, 9.17) is 9.47 Å². The second-order valence-electron chi connectivity index (χ2n) is 7.29. The number of nitriles is 1. The van der Waals surface area contributed by atoms with Crippen LogP contribution in [0.2, 0.25) is 0 Å². The lowest BCUT2D eigenvalue weighted by atomic mass is 10.1. The first-order valence-corrected chi connectivity index (χ1v) is 11.5. The van der Waals surface area contributed by atoms with Gasteiger partial charge in [0.1, 0.15) is 36.4 Å². The highest BCUT2D eigenvalue weighted by Crippen LogP contribution is 2.27. The smallest absolute Gasteiger partial charge is 0.268 e. The molecule has 4 rings (SSSR count). The summed E-state index contributed by atoms with van der Waals surface area (Å²) in [5.41, 5.74) is 0.697. The zero-order valence-corrected chi connectivity index (χ0v) is 18.8. The van der Waals surface area contributed by atoms with Gasteiger partial charge in [0, 0.05) is 13.1 Å². The number of aromatic nitrogens is 2. The summed E-state index contributed by atoms with van der Waals surface area (Å²) in [6, 6.07) is 18.6. The second kappa shape index (κ2) is 11.1. The predicted molar refractivity (Wildman–Crippen MR) is 127 cm³/mol. The number of hydrogen-bond acceptors (Lipinski definition) is 8. The Bertz CT molecular complexity index is 1130. The molecule has 33 heavy (non-hydrogen) atoms. The van der Waals surface area contributed by atoms with Gasteiger partial charge >= 0.3 is 0 Å². The van der Waals surface area contributed by atoms with Crippen LogP contribution < -0.4 is 19.7 Å². The molecular weight excluding hydrogens is 438 g/mol. The van der Waals surface area contributed by atoms with Gasteiger partial charge in [-0.25, -0.2) is 0 Å². The third kappa shape index (κ3) is 6.30. The molecule has 1 fully saturated rings. The largest absolute Gasteiger partial charge is 0.490 e. The highest BCUT2D eigenvalue weighted by Gasteiger charge is 2.18. The number of anilines is 2. The van der Waals surface area contributed by atoms with Crippen molar-refractivity contribution >= 4 is 33.6 Å². The van der Waals surface area contributed by atoms with E-state index in [2.05, 4.69) is 20.4 Å². The molecule has 168 valence electrons. The van der Waals surface area contributed by atoms with Crippen molar-refractivity contribution in [3.05, 3.63) is 65.7 Å². The Balaban J connectivity index is 1.29. The number of rotatable bonds is 9. The fourth-order valence-corrected chi connectivity index (χ4v) is 4.07. The van der Waals surface area contributed by atoms with Gasteiger partial charge in [-0.05, 0) is 48.7 Å². The maximum Gasteiger partial charge on any atom is 0.268 e. The molecule has 3 aromatic rings. The molecule has 0 aliphatic carbocycles. The zero-order chi connectivity index (χ0) is 22.9. The summed E-state index contributed by atoms with van der Waals surface area (Å²) in [5.74, 6) is 0.958. The summed E-state index contributed by atoms with van der Waals surface area (Å²) >= 11 is 1.31. The minimum absolute atomic E-state index is 0.0159. The lowest BCUT2D eigenvalue weighted by Crippen LogP contribution is -2.17. The van der Waals surface area contributed by atoms with Crippen LogP contribution in [0.25, 0.3) is 6.08 Å². The van der Waals surface area contributed by atoms with Gasteiger partial charge in [-0.3, -0.25) is 10.1 Å². The van der Waals surface area contributed by atoms with Crippen LogP contribution in [0.15, 0.2) is 60.2 Å². The molecule has 1 N–H and O–H groups in total. The Hall–Kier alpha value is -3.90. The van der Waals surface area contributed by atoms with Crippen molar-refractivity contribution in [2.45, 2.75) is 12.8 Å². The van der Waals surface area contributed by atoms with Gasteiger partial charge in [0.25, 0.3) is 5.91 Å². The van der Waals surface area contributed by atoms with Gasteiger partial charge in [-0.15, -0.1) is 10.2 Å². The monoisotopic (exact) mass is 461 g/mol. The van der Waals surface area contributed by atoms with Crippen LogP contribution in [0, 0.1) is 11.3 Å². The van der Waals surface area contributed by atoms with Gasteiger partial charge in [0.2, 0.25) is 10.3 Å². The van der Waals surface area contributed by atoms with E-state index in [0.717, 1.165) is 36.8 Å². The van der Waals surface area contributed by atoms with E-state index < -0.39 is 5.91 Å². The Morgan fingerprint density at radius 3 is 2.36 bits per heavy atom. The van der Waals surface area contributed by atoms with E-state index in [1.54, 1.807) is 24.3 Å². The molecule has 1 aliphatic heterocycles. The number of carbonyl (C=O) groups excluding carboxylic acids is 1. The normalized spacial score (nSPS) is 13.4. The molecule has 2 aromatic carbocycles. The Morgan fingerprint density at radius 2 is 1.70 bits per heavy atom. The highest BCUT2D eigenvalue weighted by atomic mass is 32.1. The minimum Gasteiger partial charge on any atom is -0.490 e. The van der Waals surface area contributed by atoms with Crippen molar-refractivity contribution in [1.82, 2.24) is 10.2 Å². The molecule has 8 nitrogen and oxygen atoms in total. The SMILES string of the molecule is N#C/C(=C/c1ccc(OCCOc2ccccc2)cc1)C(=O)Nc1nnc(N2CCCC2)s1. The van der Waals surface area contributed by atoms with E-state index in [0.29, 0.717) is 29.7 Å². The van der Waals surface area contributed by atoms with Crippen LogP contribution in [-0.4, -0.2) is 42.4 Å². The first-order chi connectivity index (χ1) is 16.2. The number of benzene rings is 2. The average molecular weight is 462 g/mol. The number of ether oxygens (including phenoxy) is 2. The fourth-order valence-electron chi connectivity index (χ4n) is 3.28. The second-order valence-corrected chi connectivity index (χ2v) is 8.24. The van der Waals surface area contributed by atoms with Crippen molar-refractivity contribution < 1.29 is 14.3 Å². The molecule has 0 unspecified atom stereocenters. The molecule has 9 heteroatoms. The molecule has 0 radical (unpaired) electrons. The average Bonchev–Trinajstić information content (AvgIpc) is 3.54. The van der Waals surface area contributed by atoms with Gasteiger partial charge in [0.15, 0.2) is 0 Å². The number of para-hydroxylation sites is 1. The number of carbonyl (C=O) groups is 1.